The molecule has 0 aliphatic carbocycles. The van der Waals surface area contributed by atoms with Crippen molar-refractivity contribution in [3.63, 3.8) is 0 Å². The van der Waals surface area contributed by atoms with Crippen molar-refractivity contribution in [1.82, 2.24) is 15.0 Å². The van der Waals surface area contributed by atoms with Gasteiger partial charge in [0.2, 0.25) is 17.2 Å². The van der Waals surface area contributed by atoms with E-state index in [9.17, 15) is 0 Å². The van der Waals surface area contributed by atoms with Crippen molar-refractivity contribution in [3.05, 3.63) is 29.5 Å². The predicted molar refractivity (Wildman–Crippen MR) is 85.6 cm³/mol. The van der Waals surface area contributed by atoms with Gasteiger partial charge in [-0.05, 0) is 48.7 Å². The van der Waals surface area contributed by atoms with Crippen LogP contribution in [-0.4, -0.2) is 35.1 Å². The zero-order valence-electron chi connectivity index (χ0n) is 11.8. The summed E-state index contributed by atoms with van der Waals surface area (Å²) in [5.74, 6) is 0.861. The third-order valence-electron chi connectivity index (χ3n) is 3.43. The van der Waals surface area contributed by atoms with E-state index in [0.29, 0.717) is 11.9 Å². The number of nitrogens with zero attached hydrogens (tertiary/aromatic N) is 4. The van der Waals surface area contributed by atoms with Gasteiger partial charge < -0.3 is 15.5 Å². The second-order valence-corrected chi connectivity index (χ2v) is 5.21. The molecule has 6 nitrogen and oxygen atoms in total. The lowest BCUT2D eigenvalue weighted by Crippen LogP contribution is -2.17. The molecule has 0 unspecified atom stereocenters. The Balaban J connectivity index is 1.74. The van der Waals surface area contributed by atoms with E-state index in [-0.39, 0.29) is 5.28 Å². The molecule has 0 atom stereocenters. The van der Waals surface area contributed by atoms with E-state index in [1.54, 1.807) is 7.05 Å². The molecule has 110 valence electrons. The Morgan fingerprint density at radius 1 is 1.00 bits per heavy atom. The van der Waals surface area contributed by atoms with Gasteiger partial charge in [-0.2, -0.15) is 15.0 Å². The second kappa shape index (κ2) is 6.13. The fraction of sp³-hybridized carbons (Fsp3) is 0.357. The lowest BCUT2D eigenvalue weighted by molar-refractivity contribution is 0.949. The Kier molecular flexibility index (Phi) is 4.06. The lowest BCUT2D eigenvalue weighted by atomic mass is 10.2. The summed E-state index contributed by atoms with van der Waals surface area (Å²) in [7, 11) is 1.74. The summed E-state index contributed by atoms with van der Waals surface area (Å²) in [4.78, 5) is 14.6. The summed E-state index contributed by atoms with van der Waals surface area (Å²) in [5, 5.41) is 6.14. The molecular formula is C14H17ClN6. The highest BCUT2D eigenvalue weighted by molar-refractivity contribution is 6.28. The van der Waals surface area contributed by atoms with Crippen molar-refractivity contribution in [2.24, 2.45) is 0 Å². The zero-order valence-corrected chi connectivity index (χ0v) is 12.6. The van der Waals surface area contributed by atoms with Crippen molar-refractivity contribution in [2.45, 2.75) is 12.8 Å². The van der Waals surface area contributed by atoms with E-state index in [1.165, 1.54) is 18.5 Å². The summed E-state index contributed by atoms with van der Waals surface area (Å²) in [6, 6.07) is 8.25. The summed E-state index contributed by atoms with van der Waals surface area (Å²) < 4.78 is 0. The monoisotopic (exact) mass is 304 g/mol. The van der Waals surface area contributed by atoms with Crippen LogP contribution in [0.25, 0.3) is 0 Å². The van der Waals surface area contributed by atoms with Crippen LogP contribution in [0.3, 0.4) is 0 Å². The summed E-state index contributed by atoms with van der Waals surface area (Å²) in [5.41, 5.74) is 2.17. The largest absolute Gasteiger partial charge is 0.372 e. The Bertz CT molecular complexity index is 609. The summed E-state index contributed by atoms with van der Waals surface area (Å²) in [6.07, 6.45) is 2.55. The first kappa shape index (κ1) is 13.9. The van der Waals surface area contributed by atoms with Gasteiger partial charge in [-0.15, -0.1) is 0 Å². The first-order chi connectivity index (χ1) is 10.2. The molecule has 1 aromatic carbocycles. The maximum atomic E-state index is 5.86. The molecule has 7 heteroatoms. The Morgan fingerprint density at radius 2 is 1.67 bits per heavy atom. The first-order valence-corrected chi connectivity index (χ1v) is 7.34. The van der Waals surface area contributed by atoms with Gasteiger partial charge in [0.1, 0.15) is 0 Å². The molecule has 1 fully saturated rings. The minimum Gasteiger partial charge on any atom is -0.372 e. The van der Waals surface area contributed by atoms with Crippen LogP contribution in [0.15, 0.2) is 24.3 Å². The molecule has 0 amide bonds. The standard InChI is InChI=1S/C14H17ClN6/c1-16-13-18-12(15)19-14(20-13)17-10-4-6-11(7-5-10)21-8-2-3-9-21/h4-7H,2-3,8-9H2,1H3,(H2,16,17,18,19,20). The van der Waals surface area contributed by atoms with Crippen molar-refractivity contribution in [2.75, 3.05) is 35.7 Å². The molecule has 2 heterocycles. The van der Waals surface area contributed by atoms with Crippen LogP contribution in [0.2, 0.25) is 5.28 Å². The number of hydrogen-bond donors (Lipinski definition) is 2. The molecule has 0 radical (unpaired) electrons. The normalized spacial score (nSPS) is 14.3. The van der Waals surface area contributed by atoms with Gasteiger partial charge in [-0.25, -0.2) is 0 Å². The minimum absolute atomic E-state index is 0.158. The third kappa shape index (κ3) is 3.33. The van der Waals surface area contributed by atoms with Gasteiger partial charge in [-0.1, -0.05) is 0 Å². The van der Waals surface area contributed by atoms with Gasteiger partial charge in [-0.3, -0.25) is 0 Å². The van der Waals surface area contributed by atoms with E-state index in [2.05, 4.69) is 42.6 Å². The van der Waals surface area contributed by atoms with Crippen molar-refractivity contribution >= 4 is 34.9 Å². The van der Waals surface area contributed by atoms with Crippen LogP contribution in [0.1, 0.15) is 12.8 Å². The number of anilines is 4. The molecule has 1 aromatic heterocycles. The van der Waals surface area contributed by atoms with E-state index < -0.39 is 0 Å². The molecule has 0 bridgehead atoms. The predicted octanol–water partition coefficient (Wildman–Crippen LogP) is 2.91. The average Bonchev–Trinajstić information content (AvgIpc) is 3.01. The smallest absolute Gasteiger partial charge is 0.233 e. The Hall–Kier alpha value is -2.08. The van der Waals surface area contributed by atoms with E-state index >= 15 is 0 Å². The Labute approximate surface area is 128 Å². The molecule has 1 saturated heterocycles. The molecule has 2 N–H and O–H groups in total. The maximum Gasteiger partial charge on any atom is 0.233 e. The number of halogens is 1. The molecule has 3 rings (SSSR count). The van der Waals surface area contributed by atoms with Crippen LogP contribution in [-0.2, 0) is 0 Å². The average molecular weight is 305 g/mol. The van der Waals surface area contributed by atoms with E-state index in [0.717, 1.165) is 18.8 Å². The quantitative estimate of drug-likeness (QED) is 0.905. The highest BCUT2D eigenvalue weighted by atomic mass is 35.5. The first-order valence-electron chi connectivity index (χ1n) is 6.96. The number of hydrogen-bond acceptors (Lipinski definition) is 6. The molecule has 1 aliphatic heterocycles. The number of benzene rings is 1. The van der Waals surface area contributed by atoms with E-state index in [1.807, 2.05) is 12.1 Å². The zero-order chi connectivity index (χ0) is 14.7. The van der Waals surface area contributed by atoms with Gasteiger partial charge in [0.25, 0.3) is 0 Å². The fourth-order valence-corrected chi connectivity index (χ4v) is 2.54. The van der Waals surface area contributed by atoms with Gasteiger partial charge in [0.15, 0.2) is 0 Å². The van der Waals surface area contributed by atoms with Crippen molar-refractivity contribution in [3.8, 4) is 0 Å². The molecule has 2 aromatic rings. The van der Waals surface area contributed by atoms with Crippen LogP contribution < -0.4 is 15.5 Å². The molecule has 1 aliphatic rings. The van der Waals surface area contributed by atoms with Crippen LogP contribution in [0.5, 0.6) is 0 Å². The van der Waals surface area contributed by atoms with Gasteiger partial charge in [0.05, 0.1) is 0 Å². The molecule has 21 heavy (non-hydrogen) atoms. The van der Waals surface area contributed by atoms with Gasteiger partial charge >= 0.3 is 0 Å². The second-order valence-electron chi connectivity index (χ2n) is 4.87. The highest BCUT2D eigenvalue weighted by Crippen LogP contribution is 2.23. The fourth-order valence-electron chi connectivity index (χ4n) is 2.38. The molecular weight excluding hydrogens is 288 g/mol. The minimum atomic E-state index is 0.158. The van der Waals surface area contributed by atoms with Gasteiger partial charge in [0, 0.05) is 31.5 Å². The Morgan fingerprint density at radius 3 is 2.33 bits per heavy atom. The van der Waals surface area contributed by atoms with Crippen LogP contribution in [0.4, 0.5) is 23.3 Å². The van der Waals surface area contributed by atoms with Crippen molar-refractivity contribution in [1.29, 1.82) is 0 Å². The number of aromatic nitrogens is 3. The van der Waals surface area contributed by atoms with E-state index in [4.69, 9.17) is 11.6 Å². The maximum absolute atomic E-state index is 5.86. The van der Waals surface area contributed by atoms with Crippen LogP contribution in [0, 0.1) is 0 Å². The SMILES string of the molecule is CNc1nc(Cl)nc(Nc2ccc(N3CCCC3)cc2)n1. The molecule has 0 saturated carbocycles. The van der Waals surface area contributed by atoms with Crippen LogP contribution >= 0.6 is 11.6 Å². The number of rotatable bonds is 4. The topological polar surface area (TPSA) is 66.0 Å². The third-order valence-corrected chi connectivity index (χ3v) is 3.60. The number of nitrogens with one attached hydrogen (secondary N) is 2. The van der Waals surface area contributed by atoms with Crippen molar-refractivity contribution < 1.29 is 0 Å². The summed E-state index contributed by atoms with van der Waals surface area (Å²) in [6.45, 7) is 2.28. The lowest BCUT2D eigenvalue weighted by Gasteiger charge is -2.17. The summed E-state index contributed by atoms with van der Waals surface area (Å²) >= 11 is 5.86. The highest BCUT2D eigenvalue weighted by Gasteiger charge is 2.12. The molecule has 0 spiro atoms.